The number of imide groups is 1. The van der Waals surface area contributed by atoms with Gasteiger partial charge in [-0.1, -0.05) is 42.8 Å². The maximum Gasteiger partial charge on any atom is 0.261 e. The first-order chi connectivity index (χ1) is 17.4. The van der Waals surface area contributed by atoms with Gasteiger partial charge in [0.25, 0.3) is 11.8 Å². The van der Waals surface area contributed by atoms with Crippen LogP contribution in [-0.4, -0.2) is 49.1 Å². The number of carbonyl (C=O) groups is 3. The number of fused-ring (bicyclic) bond motifs is 1. The minimum absolute atomic E-state index is 0.0726. The summed E-state index contributed by atoms with van der Waals surface area (Å²) in [5, 5.41) is 1.78. The lowest BCUT2D eigenvalue weighted by Gasteiger charge is -2.19. The van der Waals surface area contributed by atoms with E-state index < -0.39 is 15.1 Å². The lowest BCUT2D eigenvalue weighted by Crippen LogP contribution is -2.32. The van der Waals surface area contributed by atoms with E-state index in [9.17, 15) is 22.8 Å². The smallest absolute Gasteiger partial charge is 0.261 e. The van der Waals surface area contributed by atoms with E-state index in [2.05, 4.69) is 10.3 Å². The number of aromatic nitrogens is 1. The van der Waals surface area contributed by atoms with E-state index in [4.69, 9.17) is 0 Å². The van der Waals surface area contributed by atoms with Crippen molar-refractivity contribution in [2.24, 2.45) is 0 Å². The molecule has 1 unspecified atom stereocenters. The number of hydrogen-bond donors (Lipinski definition) is 1. The van der Waals surface area contributed by atoms with E-state index in [0.29, 0.717) is 42.5 Å². The van der Waals surface area contributed by atoms with Crippen LogP contribution in [0.1, 0.15) is 57.2 Å². The molecule has 1 aromatic heterocycles. The third-order valence-corrected chi connectivity index (χ3v) is 8.27. The monoisotopic (exact) mass is 505 g/mol. The molecule has 4 rings (SSSR count). The minimum Gasteiger partial charge on any atom is -0.354 e. The van der Waals surface area contributed by atoms with Crippen LogP contribution in [0.25, 0.3) is 0 Å². The fraction of sp³-hybridized carbons (Fsp3) is 0.259. The standard InChI is InChI=1S/C27H27N3O5S/c31-25(15-5-2-8-17-30-26(32)22-13-6-7-14-23(22)27(30)33)29-19-24(20-10-9-16-28-18-20)36(34,35)21-11-3-1-4-12-21/h1,3-4,6-7,9-14,16,18,24H,2,5,8,15,17,19H2,(H,29,31). The molecule has 0 aliphatic carbocycles. The molecule has 3 amide bonds. The molecule has 2 aromatic carbocycles. The average molecular weight is 506 g/mol. The zero-order chi connectivity index (χ0) is 25.5. The Bertz CT molecular complexity index is 1310. The fourth-order valence-electron chi connectivity index (χ4n) is 4.22. The van der Waals surface area contributed by atoms with Crippen LogP contribution >= 0.6 is 0 Å². The lowest BCUT2D eigenvalue weighted by atomic mass is 10.1. The number of rotatable bonds is 11. The average Bonchev–Trinajstić information content (AvgIpc) is 3.14. The zero-order valence-corrected chi connectivity index (χ0v) is 20.5. The highest BCUT2D eigenvalue weighted by molar-refractivity contribution is 7.91. The summed E-state index contributed by atoms with van der Waals surface area (Å²) in [5.41, 5.74) is 1.36. The Kier molecular flexibility index (Phi) is 7.90. The molecule has 0 saturated heterocycles. The molecule has 1 atom stereocenters. The van der Waals surface area contributed by atoms with Crippen LogP contribution < -0.4 is 5.32 Å². The van der Waals surface area contributed by atoms with E-state index in [0.717, 1.165) is 0 Å². The molecular formula is C27H27N3O5S. The molecule has 36 heavy (non-hydrogen) atoms. The molecule has 2 heterocycles. The van der Waals surface area contributed by atoms with Crippen LogP contribution in [0.5, 0.6) is 0 Å². The number of hydrogen-bond acceptors (Lipinski definition) is 6. The predicted octanol–water partition coefficient (Wildman–Crippen LogP) is 3.57. The molecule has 9 heteroatoms. The van der Waals surface area contributed by atoms with Crippen molar-refractivity contribution in [2.75, 3.05) is 13.1 Å². The van der Waals surface area contributed by atoms with Crippen molar-refractivity contribution in [1.29, 1.82) is 0 Å². The van der Waals surface area contributed by atoms with Crippen LogP contribution in [0.2, 0.25) is 0 Å². The summed E-state index contributed by atoms with van der Waals surface area (Å²) in [6, 6.07) is 18.3. The summed E-state index contributed by atoms with van der Waals surface area (Å²) in [6.07, 6.45) is 5.06. The maximum atomic E-state index is 13.3. The van der Waals surface area contributed by atoms with E-state index in [1.54, 1.807) is 60.8 Å². The van der Waals surface area contributed by atoms with Crippen molar-refractivity contribution >= 4 is 27.6 Å². The summed E-state index contributed by atoms with van der Waals surface area (Å²) < 4.78 is 26.5. The van der Waals surface area contributed by atoms with Gasteiger partial charge in [0, 0.05) is 31.9 Å². The van der Waals surface area contributed by atoms with Gasteiger partial charge in [0.1, 0.15) is 5.25 Å². The van der Waals surface area contributed by atoms with Crippen molar-refractivity contribution in [2.45, 2.75) is 35.8 Å². The SMILES string of the molecule is O=C(CCCCCN1C(=O)c2ccccc2C1=O)NCC(c1cccnc1)S(=O)(=O)c1ccccc1. The fourth-order valence-corrected chi connectivity index (χ4v) is 5.88. The molecule has 0 fully saturated rings. The second-order valence-corrected chi connectivity index (χ2v) is 10.7. The summed E-state index contributed by atoms with van der Waals surface area (Å²) >= 11 is 0. The first kappa shape index (κ1) is 25.2. The number of pyridine rings is 1. The molecule has 0 radical (unpaired) electrons. The largest absolute Gasteiger partial charge is 0.354 e. The van der Waals surface area contributed by atoms with Crippen LogP contribution in [-0.2, 0) is 14.6 Å². The Balaban J connectivity index is 1.27. The van der Waals surface area contributed by atoms with E-state index in [-0.39, 0.29) is 35.6 Å². The first-order valence-electron chi connectivity index (χ1n) is 11.8. The number of amides is 3. The van der Waals surface area contributed by atoms with Crippen molar-refractivity contribution in [3.63, 3.8) is 0 Å². The molecule has 186 valence electrons. The summed E-state index contributed by atoms with van der Waals surface area (Å²) in [5.74, 6) is -0.822. The summed E-state index contributed by atoms with van der Waals surface area (Å²) in [6.45, 7) is 0.225. The molecule has 0 spiro atoms. The lowest BCUT2D eigenvalue weighted by molar-refractivity contribution is -0.121. The summed E-state index contributed by atoms with van der Waals surface area (Å²) in [7, 11) is -3.75. The Morgan fingerprint density at radius 2 is 1.53 bits per heavy atom. The number of nitrogens with one attached hydrogen (secondary N) is 1. The molecule has 1 aliphatic heterocycles. The molecule has 0 bridgehead atoms. The number of benzene rings is 2. The van der Waals surface area contributed by atoms with Gasteiger partial charge in [-0.05, 0) is 48.7 Å². The van der Waals surface area contributed by atoms with E-state index in [1.807, 2.05) is 0 Å². The highest BCUT2D eigenvalue weighted by Crippen LogP contribution is 2.28. The highest BCUT2D eigenvalue weighted by Gasteiger charge is 2.34. The van der Waals surface area contributed by atoms with Gasteiger partial charge >= 0.3 is 0 Å². The van der Waals surface area contributed by atoms with Crippen molar-refractivity contribution < 1.29 is 22.8 Å². The molecule has 0 saturated carbocycles. The molecule has 1 N–H and O–H groups in total. The third kappa shape index (κ3) is 5.52. The van der Waals surface area contributed by atoms with E-state index >= 15 is 0 Å². The second-order valence-electron chi connectivity index (χ2n) is 8.56. The Hall–Kier alpha value is -3.85. The number of sulfone groups is 1. The van der Waals surface area contributed by atoms with Crippen LogP contribution in [0.3, 0.4) is 0 Å². The third-order valence-electron chi connectivity index (χ3n) is 6.15. The van der Waals surface area contributed by atoms with Crippen molar-refractivity contribution in [1.82, 2.24) is 15.2 Å². The van der Waals surface area contributed by atoms with Gasteiger partial charge in [-0.15, -0.1) is 0 Å². The molecule has 3 aromatic rings. The van der Waals surface area contributed by atoms with Crippen LogP contribution in [0.4, 0.5) is 0 Å². The van der Waals surface area contributed by atoms with Gasteiger partial charge in [0.15, 0.2) is 9.84 Å². The van der Waals surface area contributed by atoms with E-state index in [1.165, 1.54) is 23.2 Å². The van der Waals surface area contributed by atoms with Gasteiger partial charge in [-0.2, -0.15) is 0 Å². The summed E-state index contributed by atoms with van der Waals surface area (Å²) in [4.78, 5) is 42.8. The van der Waals surface area contributed by atoms with Gasteiger partial charge < -0.3 is 5.32 Å². The molecule has 1 aliphatic rings. The normalized spacial score (nSPS) is 13.9. The van der Waals surface area contributed by atoms with Crippen LogP contribution in [0, 0.1) is 0 Å². The van der Waals surface area contributed by atoms with Gasteiger partial charge in [0.05, 0.1) is 16.0 Å². The Labute approximate surface area is 210 Å². The van der Waals surface area contributed by atoms with Crippen molar-refractivity contribution in [3.8, 4) is 0 Å². The molecular weight excluding hydrogens is 478 g/mol. The molecule has 8 nitrogen and oxygen atoms in total. The van der Waals surface area contributed by atoms with Crippen molar-refractivity contribution in [3.05, 3.63) is 95.8 Å². The van der Waals surface area contributed by atoms with Gasteiger partial charge in [-0.25, -0.2) is 8.42 Å². The number of unbranched alkanes of at least 4 members (excludes halogenated alkanes) is 2. The highest BCUT2D eigenvalue weighted by atomic mass is 32.2. The topological polar surface area (TPSA) is 114 Å². The second kappa shape index (κ2) is 11.3. The zero-order valence-electron chi connectivity index (χ0n) is 19.7. The Morgan fingerprint density at radius 1 is 0.861 bits per heavy atom. The van der Waals surface area contributed by atoms with Crippen LogP contribution in [0.15, 0.2) is 84.0 Å². The first-order valence-corrected chi connectivity index (χ1v) is 13.3. The van der Waals surface area contributed by atoms with Gasteiger partial charge in [-0.3, -0.25) is 24.3 Å². The Morgan fingerprint density at radius 3 is 2.17 bits per heavy atom. The number of nitrogens with zero attached hydrogens (tertiary/aromatic N) is 2. The van der Waals surface area contributed by atoms with Gasteiger partial charge in [0.2, 0.25) is 5.91 Å². The number of carbonyl (C=O) groups excluding carboxylic acids is 3. The maximum absolute atomic E-state index is 13.3. The predicted molar refractivity (Wildman–Crippen MR) is 134 cm³/mol. The quantitative estimate of drug-likeness (QED) is 0.315. The minimum atomic E-state index is -3.75.